The molecule has 0 unspecified atom stereocenters. The summed E-state index contributed by atoms with van der Waals surface area (Å²) >= 11 is 0. The number of aromatic nitrogens is 1. The number of guanidine groups is 1. The van der Waals surface area contributed by atoms with E-state index in [0.717, 1.165) is 11.3 Å². The Morgan fingerprint density at radius 1 is 0.926 bits per heavy atom. The summed E-state index contributed by atoms with van der Waals surface area (Å²) in [5.41, 5.74) is 1.82. The van der Waals surface area contributed by atoms with E-state index in [9.17, 15) is 0 Å². The molecule has 0 bridgehead atoms. The molecular formula is C19H26N4O4. The Morgan fingerprint density at radius 2 is 1.59 bits per heavy atom. The minimum Gasteiger partial charge on any atom is -0.493 e. The normalized spacial score (nSPS) is 10.9. The number of nitrogens with zero attached hydrogens (tertiary/aromatic N) is 2. The summed E-state index contributed by atoms with van der Waals surface area (Å²) in [6, 6.07) is 9.41. The molecule has 27 heavy (non-hydrogen) atoms. The summed E-state index contributed by atoms with van der Waals surface area (Å²) in [6.07, 6.45) is 0. The van der Waals surface area contributed by atoms with Crippen LogP contribution >= 0.6 is 0 Å². The van der Waals surface area contributed by atoms with Crippen molar-refractivity contribution < 1.29 is 18.9 Å². The number of pyridine rings is 1. The third kappa shape index (κ3) is 5.40. The lowest BCUT2D eigenvalue weighted by atomic mass is 10.2. The Kier molecular flexibility index (Phi) is 7.54. The highest BCUT2D eigenvalue weighted by molar-refractivity contribution is 5.79. The molecule has 8 heteroatoms. The summed E-state index contributed by atoms with van der Waals surface area (Å²) in [5, 5.41) is 6.47. The van der Waals surface area contributed by atoms with E-state index in [2.05, 4.69) is 20.6 Å². The lowest BCUT2D eigenvalue weighted by molar-refractivity contribution is 0.323. The predicted octanol–water partition coefficient (Wildman–Crippen LogP) is 1.98. The van der Waals surface area contributed by atoms with Gasteiger partial charge in [0.25, 0.3) is 0 Å². The topological polar surface area (TPSA) is 86.2 Å². The van der Waals surface area contributed by atoms with Gasteiger partial charge in [-0.05, 0) is 23.8 Å². The van der Waals surface area contributed by atoms with Crippen LogP contribution in [-0.4, -0.2) is 46.4 Å². The maximum Gasteiger partial charge on any atom is 0.213 e. The average Bonchev–Trinajstić information content (AvgIpc) is 2.73. The number of rotatable bonds is 8. The molecule has 0 fully saturated rings. The molecule has 2 aromatic rings. The fourth-order valence-corrected chi connectivity index (χ4v) is 2.49. The summed E-state index contributed by atoms with van der Waals surface area (Å²) in [7, 11) is 8.07. The van der Waals surface area contributed by atoms with Crippen LogP contribution in [0.5, 0.6) is 23.1 Å². The molecule has 0 saturated heterocycles. The Labute approximate surface area is 159 Å². The summed E-state index contributed by atoms with van der Waals surface area (Å²) in [4.78, 5) is 8.59. The number of ether oxygens (including phenoxy) is 4. The largest absolute Gasteiger partial charge is 0.493 e. The first-order chi connectivity index (χ1) is 13.1. The van der Waals surface area contributed by atoms with E-state index in [1.54, 1.807) is 41.6 Å². The SMILES string of the molecule is CN=C(NCc1cc(OC)c(OC)c(OC)c1)NCc1cccc(OC)n1. The van der Waals surface area contributed by atoms with Crippen molar-refractivity contribution in [2.24, 2.45) is 4.99 Å². The molecule has 0 aliphatic heterocycles. The van der Waals surface area contributed by atoms with E-state index in [4.69, 9.17) is 18.9 Å². The third-order valence-electron chi connectivity index (χ3n) is 3.84. The molecule has 0 aliphatic carbocycles. The molecule has 1 aromatic heterocycles. The van der Waals surface area contributed by atoms with Gasteiger partial charge in [0.1, 0.15) is 0 Å². The van der Waals surface area contributed by atoms with Crippen molar-refractivity contribution >= 4 is 5.96 Å². The maximum atomic E-state index is 5.38. The lowest BCUT2D eigenvalue weighted by Gasteiger charge is -2.16. The summed E-state index contributed by atoms with van der Waals surface area (Å²) < 4.78 is 21.2. The molecule has 146 valence electrons. The van der Waals surface area contributed by atoms with E-state index >= 15 is 0 Å². The number of benzene rings is 1. The smallest absolute Gasteiger partial charge is 0.213 e. The van der Waals surface area contributed by atoms with Gasteiger partial charge in [-0.2, -0.15) is 0 Å². The second kappa shape index (κ2) is 10.1. The van der Waals surface area contributed by atoms with Gasteiger partial charge in [0.2, 0.25) is 11.6 Å². The molecule has 8 nitrogen and oxygen atoms in total. The second-order valence-corrected chi connectivity index (χ2v) is 5.48. The van der Waals surface area contributed by atoms with E-state index < -0.39 is 0 Å². The van der Waals surface area contributed by atoms with Crippen molar-refractivity contribution in [3.63, 3.8) is 0 Å². The first-order valence-electron chi connectivity index (χ1n) is 8.38. The molecule has 0 radical (unpaired) electrons. The Balaban J connectivity index is 2.01. The number of nitrogens with one attached hydrogen (secondary N) is 2. The fourth-order valence-electron chi connectivity index (χ4n) is 2.49. The maximum absolute atomic E-state index is 5.38. The lowest BCUT2D eigenvalue weighted by Crippen LogP contribution is -2.36. The highest BCUT2D eigenvalue weighted by atomic mass is 16.5. The number of aliphatic imine (C=N–C) groups is 1. The highest BCUT2D eigenvalue weighted by Gasteiger charge is 2.13. The molecule has 0 atom stereocenters. The third-order valence-corrected chi connectivity index (χ3v) is 3.84. The molecule has 0 saturated carbocycles. The van der Waals surface area contributed by atoms with Gasteiger partial charge < -0.3 is 29.6 Å². The van der Waals surface area contributed by atoms with Crippen LogP contribution in [0.25, 0.3) is 0 Å². The fraction of sp³-hybridized carbons (Fsp3) is 0.368. The summed E-state index contributed by atoms with van der Waals surface area (Å²) in [6.45, 7) is 1.05. The van der Waals surface area contributed by atoms with Gasteiger partial charge in [-0.25, -0.2) is 4.98 Å². The van der Waals surface area contributed by atoms with Crippen molar-refractivity contribution in [1.82, 2.24) is 15.6 Å². The minimum absolute atomic E-state index is 0.520. The predicted molar refractivity (Wildman–Crippen MR) is 104 cm³/mol. The van der Waals surface area contributed by atoms with Crippen LogP contribution in [0.4, 0.5) is 0 Å². The van der Waals surface area contributed by atoms with Gasteiger partial charge in [0, 0.05) is 19.7 Å². The molecule has 0 amide bonds. The Hall–Kier alpha value is -3.16. The first kappa shape index (κ1) is 20.2. The first-order valence-corrected chi connectivity index (χ1v) is 8.38. The van der Waals surface area contributed by atoms with E-state index in [1.807, 2.05) is 24.3 Å². The van der Waals surface area contributed by atoms with Crippen LogP contribution in [0.15, 0.2) is 35.3 Å². The average molecular weight is 374 g/mol. The Bertz CT molecular complexity index is 755. The van der Waals surface area contributed by atoms with E-state index in [1.165, 1.54) is 0 Å². The molecule has 2 rings (SSSR count). The molecule has 0 aliphatic rings. The molecule has 1 heterocycles. The summed E-state index contributed by atoms with van der Waals surface area (Å²) in [5.74, 6) is 3.01. The van der Waals surface area contributed by atoms with E-state index in [0.29, 0.717) is 42.2 Å². The van der Waals surface area contributed by atoms with Crippen LogP contribution in [-0.2, 0) is 13.1 Å². The van der Waals surface area contributed by atoms with Gasteiger partial charge in [0.15, 0.2) is 17.5 Å². The monoisotopic (exact) mass is 374 g/mol. The zero-order valence-electron chi connectivity index (χ0n) is 16.3. The Morgan fingerprint density at radius 3 is 2.15 bits per heavy atom. The van der Waals surface area contributed by atoms with Crippen molar-refractivity contribution in [2.75, 3.05) is 35.5 Å². The number of methoxy groups -OCH3 is 4. The van der Waals surface area contributed by atoms with Gasteiger partial charge >= 0.3 is 0 Å². The quantitative estimate of drug-likeness (QED) is 0.540. The highest BCUT2D eigenvalue weighted by Crippen LogP contribution is 2.38. The van der Waals surface area contributed by atoms with Crippen LogP contribution in [0.1, 0.15) is 11.3 Å². The van der Waals surface area contributed by atoms with Crippen molar-refractivity contribution in [3.8, 4) is 23.1 Å². The van der Waals surface area contributed by atoms with Crippen molar-refractivity contribution in [2.45, 2.75) is 13.1 Å². The number of hydrogen-bond donors (Lipinski definition) is 2. The van der Waals surface area contributed by atoms with Crippen LogP contribution in [0.3, 0.4) is 0 Å². The molecular weight excluding hydrogens is 348 g/mol. The van der Waals surface area contributed by atoms with Gasteiger partial charge in [-0.15, -0.1) is 0 Å². The molecule has 0 spiro atoms. The number of hydrogen-bond acceptors (Lipinski definition) is 6. The van der Waals surface area contributed by atoms with Crippen molar-refractivity contribution in [3.05, 3.63) is 41.6 Å². The standard InChI is InChI=1S/C19H26N4O4/c1-20-19(22-12-14-7-6-8-17(23-14)26-4)21-11-13-9-15(24-2)18(27-5)16(10-13)25-3/h6-10H,11-12H2,1-5H3,(H2,20,21,22). The minimum atomic E-state index is 0.520. The zero-order chi connectivity index (χ0) is 19.6. The van der Waals surface area contributed by atoms with Gasteiger partial charge in [-0.3, -0.25) is 4.99 Å². The van der Waals surface area contributed by atoms with Gasteiger partial charge in [-0.1, -0.05) is 6.07 Å². The van der Waals surface area contributed by atoms with Gasteiger partial charge in [0.05, 0.1) is 40.7 Å². The van der Waals surface area contributed by atoms with Crippen LogP contribution < -0.4 is 29.6 Å². The molecule has 1 aromatic carbocycles. The zero-order valence-corrected chi connectivity index (χ0v) is 16.3. The van der Waals surface area contributed by atoms with Crippen LogP contribution in [0.2, 0.25) is 0 Å². The van der Waals surface area contributed by atoms with E-state index in [-0.39, 0.29) is 0 Å². The van der Waals surface area contributed by atoms with Crippen LogP contribution in [0, 0.1) is 0 Å². The second-order valence-electron chi connectivity index (χ2n) is 5.48. The van der Waals surface area contributed by atoms with Crippen molar-refractivity contribution in [1.29, 1.82) is 0 Å². The molecule has 2 N–H and O–H groups in total.